The van der Waals surface area contributed by atoms with Crippen LogP contribution in [0.25, 0.3) is 0 Å². The number of aromatic amines is 1. The largest absolute Gasteiger partial charge is 0.385 e. The van der Waals surface area contributed by atoms with Gasteiger partial charge in [-0.3, -0.25) is 5.10 Å². The van der Waals surface area contributed by atoms with Crippen LogP contribution in [-0.2, 0) is 0 Å². The molecule has 0 radical (unpaired) electrons. The van der Waals surface area contributed by atoms with Crippen LogP contribution >= 0.6 is 0 Å². The summed E-state index contributed by atoms with van der Waals surface area (Å²) in [7, 11) is 0. The Morgan fingerprint density at radius 1 is 1.46 bits per heavy atom. The third-order valence-electron chi connectivity index (χ3n) is 2.46. The minimum Gasteiger partial charge on any atom is -0.385 e. The molecule has 1 unspecified atom stereocenters. The second-order valence-corrected chi connectivity index (χ2v) is 3.30. The zero-order valence-corrected chi connectivity index (χ0v) is 8.20. The number of nitrogens with one attached hydrogen (secondary N) is 1. The molecule has 1 aromatic heterocycles. The molecular formula is C9H17N3O. The highest BCUT2D eigenvalue weighted by Gasteiger charge is 2.15. The van der Waals surface area contributed by atoms with E-state index in [4.69, 9.17) is 0 Å². The van der Waals surface area contributed by atoms with Gasteiger partial charge in [0.05, 0.1) is 0 Å². The first kappa shape index (κ1) is 10.2. The molecule has 0 bridgehead atoms. The highest BCUT2D eigenvalue weighted by molar-refractivity contribution is 4.86. The maximum atomic E-state index is 9.71. The van der Waals surface area contributed by atoms with Crippen molar-refractivity contribution in [3.8, 4) is 0 Å². The summed E-state index contributed by atoms with van der Waals surface area (Å²) in [5.41, 5.74) is 0. The van der Waals surface area contributed by atoms with Gasteiger partial charge in [0, 0.05) is 0 Å². The van der Waals surface area contributed by atoms with Crippen LogP contribution in [-0.4, -0.2) is 20.3 Å². The topological polar surface area (TPSA) is 61.8 Å². The van der Waals surface area contributed by atoms with E-state index in [1.807, 2.05) is 0 Å². The summed E-state index contributed by atoms with van der Waals surface area (Å²) in [4.78, 5) is 3.92. The van der Waals surface area contributed by atoms with Gasteiger partial charge >= 0.3 is 0 Å². The molecule has 0 aliphatic carbocycles. The molecule has 0 saturated carbocycles. The molecule has 0 saturated heterocycles. The van der Waals surface area contributed by atoms with Crippen molar-refractivity contribution in [3.05, 3.63) is 12.2 Å². The van der Waals surface area contributed by atoms with E-state index in [1.54, 1.807) is 0 Å². The SMILES string of the molecule is CCC(CC)CC(O)c1ncn[nH]1. The third-order valence-corrected chi connectivity index (χ3v) is 2.46. The fourth-order valence-corrected chi connectivity index (χ4v) is 1.42. The Morgan fingerprint density at radius 2 is 2.15 bits per heavy atom. The molecule has 4 nitrogen and oxygen atoms in total. The van der Waals surface area contributed by atoms with Crippen molar-refractivity contribution in [2.24, 2.45) is 5.92 Å². The highest BCUT2D eigenvalue weighted by atomic mass is 16.3. The molecule has 1 aromatic rings. The molecule has 0 fully saturated rings. The normalized spacial score (nSPS) is 13.5. The van der Waals surface area contributed by atoms with E-state index >= 15 is 0 Å². The number of rotatable bonds is 5. The Balaban J connectivity index is 2.45. The Kier molecular flexibility index (Phi) is 3.89. The molecule has 0 aromatic carbocycles. The van der Waals surface area contributed by atoms with Crippen molar-refractivity contribution < 1.29 is 5.11 Å². The number of aliphatic hydroxyl groups is 1. The molecule has 1 rings (SSSR count). The van der Waals surface area contributed by atoms with Crippen LogP contribution in [0.3, 0.4) is 0 Å². The van der Waals surface area contributed by atoms with Crippen LogP contribution in [0.5, 0.6) is 0 Å². The number of hydrogen-bond donors (Lipinski definition) is 2. The van der Waals surface area contributed by atoms with Gasteiger partial charge in [0.2, 0.25) is 0 Å². The van der Waals surface area contributed by atoms with E-state index in [-0.39, 0.29) is 0 Å². The van der Waals surface area contributed by atoms with Crippen molar-refractivity contribution >= 4 is 0 Å². The number of aromatic nitrogens is 3. The van der Waals surface area contributed by atoms with Gasteiger partial charge in [-0.2, -0.15) is 5.10 Å². The molecule has 0 spiro atoms. The van der Waals surface area contributed by atoms with Gasteiger partial charge in [-0.25, -0.2) is 4.98 Å². The Hall–Kier alpha value is -0.900. The summed E-state index contributed by atoms with van der Waals surface area (Å²) in [6.07, 6.45) is 3.89. The summed E-state index contributed by atoms with van der Waals surface area (Å²) >= 11 is 0. The summed E-state index contributed by atoms with van der Waals surface area (Å²) in [6, 6.07) is 0. The van der Waals surface area contributed by atoms with Crippen LogP contribution < -0.4 is 0 Å². The molecule has 0 aliphatic heterocycles. The smallest absolute Gasteiger partial charge is 0.153 e. The van der Waals surface area contributed by atoms with Crippen molar-refractivity contribution in [1.82, 2.24) is 15.2 Å². The quantitative estimate of drug-likeness (QED) is 0.729. The van der Waals surface area contributed by atoms with E-state index in [2.05, 4.69) is 29.0 Å². The third kappa shape index (κ3) is 2.81. The monoisotopic (exact) mass is 183 g/mol. The van der Waals surface area contributed by atoms with Crippen LogP contribution in [0.1, 0.15) is 45.0 Å². The molecule has 74 valence electrons. The maximum Gasteiger partial charge on any atom is 0.153 e. The fourth-order valence-electron chi connectivity index (χ4n) is 1.42. The van der Waals surface area contributed by atoms with E-state index < -0.39 is 6.10 Å². The van der Waals surface area contributed by atoms with E-state index in [1.165, 1.54) is 6.33 Å². The van der Waals surface area contributed by atoms with Crippen LogP contribution in [0, 0.1) is 5.92 Å². The average molecular weight is 183 g/mol. The molecule has 4 heteroatoms. The lowest BCUT2D eigenvalue weighted by atomic mass is 9.96. The minimum atomic E-state index is -0.493. The van der Waals surface area contributed by atoms with Gasteiger partial charge in [0.15, 0.2) is 5.82 Å². The van der Waals surface area contributed by atoms with Crippen LogP contribution in [0.2, 0.25) is 0 Å². The molecule has 1 atom stereocenters. The number of hydrogen-bond acceptors (Lipinski definition) is 3. The van der Waals surface area contributed by atoms with Gasteiger partial charge in [-0.1, -0.05) is 26.7 Å². The predicted molar refractivity (Wildman–Crippen MR) is 50.0 cm³/mol. The van der Waals surface area contributed by atoms with E-state index in [0.717, 1.165) is 19.3 Å². The van der Waals surface area contributed by atoms with E-state index in [0.29, 0.717) is 11.7 Å². The molecule has 13 heavy (non-hydrogen) atoms. The number of nitrogens with zero attached hydrogens (tertiary/aromatic N) is 2. The molecule has 0 aliphatic rings. The van der Waals surface area contributed by atoms with Crippen molar-refractivity contribution in [3.63, 3.8) is 0 Å². The minimum absolute atomic E-state index is 0.493. The maximum absolute atomic E-state index is 9.71. The first-order valence-electron chi connectivity index (χ1n) is 4.81. The zero-order valence-electron chi connectivity index (χ0n) is 8.20. The Labute approximate surface area is 78.4 Å². The summed E-state index contributed by atoms with van der Waals surface area (Å²) < 4.78 is 0. The molecular weight excluding hydrogens is 166 g/mol. The summed E-state index contributed by atoms with van der Waals surface area (Å²) in [6.45, 7) is 4.28. The highest BCUT2D eigenvalue weighted by Crippen LogP contribution is 2.22. The van der Waals surface area contributed by atoms with Gasteiger partial charge in [-0.15, -0.1) is 0 Å². The fraction of sp³-hybridized carbons (Fsp3) is 0.778. The average Bonchev–Trinajstić information content (AvgIpc) is 2.66. The predicted octanol–water partition coefficient (Wildman–Crippen LogP) is 1.66. The molecule has 0 amide bonds. The lowest BCUT2D eigenvalue weighted by Crippen LogP contribution is -2.07. The van der Waals surface area contributed by atoms with Crippen molar-refractivity contribution in [1.29, 1.82) is 0 Å². The lowest BCUT2D eigenvalue weighted by molar-refractivity contribution is 0.132. The van der Waals surface area contributed by atoms with Crippen molar-refractivity contribution in [2.75, 3.05) is 0 Å². The van der Waals surface area contributed by atoms with Crippen molar-refractivity contribution in [2.45, 2.75) is 39.2 Å². The first-order chi connectivity index (χ1) is 6.27. The summed E-state index contributed by atoms with van der Waals surface area (Å²) in [5, 5.41) is 16.1. The van der Waals surface area contributed by atoms with Gasteiger partial charge in [0.25, 0.3) is 0 Å². The molecule has 2 N–H and O–H groups in total. The van der Waals surface area contributed by atoms with E-state index in [9.17, 15) is 5.11 Å². The Bertz CT molecular complexity index is 219. The lowest BCUT2D eigenvalue weighted by Gasteiger charge is -2.14. The molecule has 1 heterocycles. The van der Waals surface area contributed by atoms with Crippen LogP contribution in [0.4, 0.5) is 0 Å². The van der Waals surface area contributed by atoms with Gasteiger partial charge in [-0.05, 0) is 12.3 Å². The van der Waals surface area contributed by atoms with Gasteiger partial charge < -0.3 is 5.11 Å². The van der Waals surface area contributed by atoms with Gasteiger partial charge in [0.1, 0.15) is 12.4 Å². The standard InChI is InChI=1S/C9H17N3O/c1-3-7(4-2)5-8(13)9-10-6-11-12-9/h6-8,13H,3-5H2,1-2H3,(H,10,11,12). The first-order valence-corrected chi connectivity index (χ1v) is 4.81. The Morgan fingerprint density at radius 3 is 2.62 bits per heavy atom. The second-order valence-electron chi connectivity index (χ2n) is 3.30. The second kappa shape index (κ2) is 4.97. The number of H-pyrrole nitrogens is 1. The number of aliphatic hydroxyl groups excluding tert-OH is 1. The van der Waals surface area contributed by atoms with Crippen LogP contribution in [0.15, 0.2) is 6.33 Å². The summed E-state index contributed by atoms with van der Waals surface area (Å²) in [5.74, 6) is 1.15. The zero-order chi connectivity index (χ0) is 9.68.